The SMILES string of the molecule is Cc1cccc(F)c1NC1CCNCc2ccccc21. The number of hydrogen-bond acceptors (Lipinski definition) is 2. The smallest absolute Gasteiger partial charge is 0.146 e. The summed E-state index contributed by atoms with van der Waals surface area (Å²) in [4.78, 5) is 0. The van der Waals surface area contributed by atoms with Crippen molar-refractivity contribution < 1.29 is 4.39 Å². The highest BCUT2D eigenvalue weighted by Crippen LogP contribution is 2.30. The van der Waals surface area contributed by atoms with Crippen LogP contribution in [0.4, 0.5) is 10.1 Å². The first kappa shape index (κ1) is 13.1. The Morgan fingerprint density at radius 2 is 2.00 bits per heavy atom. The van der Waals surface area contributed by atoms with Crippen LogP contribution in [0.3, 0.4) is 0 Å². The van der Waals surface area contributed by atoms with Crippen molar-refractivity contribution in [2.24, 2.45) is 0 Å². The monoisotopic (exact) mass is 270 g/mol. The Morgan fingerprint density at radius 1 is 1.15 bits per heavy atom. The van der Waals surface area contributed by atoms with Crippen molar-refractivity contribution in [1.29, 1.82) is 0 Å². The van der Waals surface area contributed by atoms with Gasteiger partial charge >= 0.3 is 0 Å². The van der Waals surface area contributed by atoms with Crippen molar-refractivity contribution in [2.45, 2.75) is 25.9 Å². The summed E-state index contributed by atoms with van der Waals surface area (Å²) in [7, 11) is 0. The van der Waals surface area contributed by atoms with Crippen molar-refractivity contribution in [3.05, 3.63) is 65.0 Å². The molecule has 3 rings (SSSR count). The van der Waals surface area contributed by atoms with Gasteiger partial charge in [-0.3, -0.25) is 0 Å². The first-order chi connectivity index (χ1) is 9.75. The molecular formula is C17H19FN2. The minimum Gasteiger partial charge on any atom is -0.376 e. The lowest BCUT2D eigenvalue weighted by atomic mass is 9.98. The molecule has 0 radical (unpaired) electrons. The summed E-state index contributed by atoms with van der Waals surface area (Å²) in [5, 5.41) is 6.81. The van der Waals surface area contributed by atoms with Crippen LogP contribution < -0.4 is 10.6 Å². The van der Waals surface area contributed by atoms with Crippen molar-refractivity contribution in [3.63, 3.8) is 0 Å². The third-order valence-corrected chi connectivity index (χ3v) is 3.90. The third kappa shape index (κ3) is 2.54. The van der Waals surface area contributed by atoms with Crippen LogP contribution >= 0.6 is 0 Å². The standard InChI is InChI=1S/C17H19FN2/c1-12-5-4-8-15(18)17(12)20-16-9-10-19-11-13-6-2-3-7-14(13)16/h2-8,16,19-20H,9-11H2,1H3. The maximum absolute atomic E-state index is 14.0. The molecule has 0 bridgehead atoms. The Labute approximate surface area is 119 Å². The van der Waals surface area contributed by atoms with Gasteiger partial charge in [-0.2, -0.15) is 0 Å². The Balaban J connectivity index is 1.94. The number of nitrogens with one attached hydrogen (secondary N) is 2. The van der Waals surface area contributed by atoms with Gasteiger partial charge in [0.05, 0.1) is 11.7 Å². The molecule has 2 aromatic rings. The zero-order valence-electron chi connectivity index (χ0n) is 11.6. The molecule has 0 amide bonds. The number of halogens is 1. The van der Waals surface area contributed by atoms with Gasteiger partial charge in [-0.05, 0) is 42.6 Å². The average Bonchev–Trinajstić information content (AvgIpc) is 2.66. The van der Waals surface area contributed by atoms with E-state index in [0.717, 1.165) is 25.1 Å². The van der Waals surface area contributed by atoms with E-state index < -0.39 is 0 Å². The van der Waals surface area contributed by atoms with Crippen molar-refractivity contribution in [2.75, 3.05) is 11.9 Å². The number of fused-ring (bicyclic) bond motifs is 1. The lowest BCUT2D eigenvalue weighted by Crippen LogP contribution is -2.16. The van der Waals surface area contributed by atoms with E-state index >= 15 is 0 Å². The molecule has 0 saturated heterocycles. The van der Waals surface area contributed by atoms with E-state index in [1.165, 1.54) is 17.2 Å². The summed E-state index contributed by atoms with van der Waals surface area (Å²) in [6.45, 7) is 3.75. The van der Waals surface area contributed by atoms with E-state index in [0.29, 0.717) is 5.69 Å². The molecule has 2 N–H and O–H groups in total. The van der Waals surface area contributed by atoms with E-state index in [-0.39, 0.29) is 11.9 Å². The first-order valence-corrected chi connectivity index (χ1v) is 7.06. The quantitative estimate of drug-likeness (QED) is 0.867. The Bertz CT molecular complexity index is 589. The summed E-state index contributed by atoms with van der Waals surface area (Å²) < 4.78 is 14.0. The van der Waals surface area contributed by atoms with Crippen LogP contribution in [0.1, 0.15) is 29.2 Å². The summed E-state index contributed by atoms with van der Waals surface area (Å²) in [6, 6.07) is 13.7. The molecular weight excluding hydrogens is 251 g/mol. The van der Waals surface area contributed by atoms with Gasteiger partial charge in [-0.15, -0.1) is 0 Å². The van der Waals surface area contributed by atoms with Crippen LogP contribution in [0.5, 0.6) is 0 Å². The molecule has 3 heteroatoms. The average molecular weight is 270 g/mol. The fraction of sp³-hybridized carbons (Fsp3) is 0.294. The summed E-state index contributed by atoms with van der Waals surface area (Å²) >= 11 is 0. The fourth-order valence-corrected chi connectivity index (χ4v) is 2.80. The van der Waals surface area contributed by atoms with Crippen molar-refractivity contribution in [3.8, 4) is 0 Å². The van der Waals surface area contributed by atoms with E-state index in [2.05, 4.69) is 28.8 Å². The maximum Gasteiger partial charge on any atom is 0.146 e. The second-order valence-corrected chi connectivity index (χ2v) is 5.29. The minimum absolute atomic E-state index is 0.150. The van der Waals surface area contributed by atoms with E-state index in [1.807, 2.05) is 19.1 Å². The molecule has 0 fully saturated rings. The van der Waals surface area contributed by atoms with E-state index in [1.54, 1.807) is 6.07 Å². The van der Waals surface area contributed by atoms with Crippen LogP contribution in [0.15, 0.2) is 42.5 Å². The normalized spacial score (nSPS) is 18.2. The number of benzene rings is 2. The van der Waals surface area contributed by atoms with Gasteiger partial charge in [0.1, 0.15) is 5.82 Å². The van der Waals surface area contributed by atoms with E-state index in [4.69, 9.17) is 0 Å². The Hall–Kier alpha value is -1.87. The molecule has 20 heavy (non-hydrogen) atoms. The Morgan fingerprint density at radius 3 is 2.85 bits per heavy atom. The predicted octanol–water partition coefficient (Wildman–Crippen LogP) is 3.78. The fourth-order valence-electron chi connectivity index (χ4n) is 2.80. The lowest BCUT2D eigenvalue weighted by molar-refractivity contribution is 0.611. The number of anilines is 1. The molecule has 104 valence electrons. The molecule has 1 heterocycles. The highest BCUT2D eigenvalue weighted by molar-refractivity contribution is 5.54. The van der Waals surface area contributed by atoms with Gasteiger partial charge in [-0.25, -0.2) is 4.39 Å². The second kappa shape index (κ2) is 5.63. The Kier molecular flexibility index (Phi) is 3.70. The maximum atomic E-state index is 14.0. The molecule has 2 nitrogen and oxygen atoms in total. The minimum atomic E-state index is -0.181. The van der Waals surface area contributed by atoms with Crippen LogP contribution in [-0.2, 0) is 6.54 Å². The molecule has 0 spiro atoms. The molecule has 1 unspecified atom stereocenters. The van der Waals surface area contributed by atoms with Crippen LogP contribution in [-0.4, -0.2) is 6.54 Å². The van der Waals surface area contributed by atoms with Gasteiger partial charge in [0.25, 0.3) is 0 Å². The summed E-state index contributed by atoms with van der Waals surface area (Å²) in [5.74, 6) is -0.181. The third-order valence-electron chi connectivity index (χ3n) is 3.90. The second-order valence-electron chi connectivity index (χ2n) is 5.29. The molecule has 0 aliphatic carbocycles. The summed E-state index contributed by atoms with van der Waals surface area (Å²) in [5.41, 5.74) is 4.12. The largest absolute Gasteiger partial charge is 0.376 e. The topological polar surface area (TPSA) is 24.1 Å². The highest BCUT2D eigenvalue weighted by atomic mass is 19.1. The zero-order valence-corrected chi connectivity index (χ0v) is 11.6. The number of aryl methyl sites for hydroxylation is 1. The van der Waals surface area contributed by atoms with Crippen LogP contribution in [0.2, 0.25) is 0 Å². The van der Waals surface area contributed by atoms with Gasteiger partial charge in [0, 0.05) is 6.54 Å². The number of para-hydroxylation sites is 1. The number of rotatable bonds is 2. The van der Waals surface area contributed by atoms with Crippen molar-refractivity contribution >= 4 is 5.69 Å². The van der Waals surface area contributed by atoms with E-state index in [9.17, 15) is 4.39 Å². The van der Waals surface area contributed by atoms with Crippen LogP contribution in [0, 0.1) is 12.7 Å². The first-order valence-electron chi connectivity index (χ1n) is 7.06. The zero-order chi connectivity index (χ0) is 13.9. The number of hydrogen-bond donors (Lipinski definition) is 2. The van der Waals surface area contributed by atoms with Gasteiger partial charge < -0.3 is 10.6 Å². The molecule has 1 atom stereocenters. The highest BCUT2D eigenvalue weighted by Gasteiger charge is 2.19. The lowest BCUT2D eigenvalue weighted by Gasteiger charge is -2.22. The van der Waals surface area contributed by atoms with Gasteiger partial charge in [0.2, 0.25) is 0 Å². The molecule has 0 aromatic heterocycles. The molecule has 1 aliphatic heterocycles. The molecule has 0 saturated carbocycles. The van der Waals surface area contributed by atoms with Gasteiger partial charge in [-0.1, -0.05) is 36.4 Å². The molecule has 2 aromatic carbocycles. The summed E-state index contributed by atoms with van der Waals surface area (Å²) in [6.07, 6.45) is 0.949. The van der Waals surface area contributed by atoms with Crippen molar-refractivity contribution in [1.82, 2.24) is 5.32 Å². The molecule has 1 aliphatic rings. The predicted molar refractivity (Wildman–Crippen MR) is 80.3 cm³/mol. The van der Waals surface area contributed by atoms with Gasteiger partial charge in [0.15, 0.2) is 0 Å². The van der Waals surface area contributed by atoms with Crippen LogP contribution in [0.25, 0.3) is 0 Å².